The summed E-state index contributed by atoms with van der Waals surface area (Å²) in [5.41, 5.74) is 6.98. The Kier molecular flexibility index (Phi) is 2.39. The van der Waals surface area contributed by atoms with Crippen molar-refractivity contribution >= 4 is 32.3 Å². The normalized spacial score (nSPS) is 12.0. The number of hydrogen-bond acceptors (Lipinski definition) is 0. The van der Waals surface area contributed by atoms with Crippen LogP contribution in [0.25, 0.3) is 32.3 Å². The zero-order chi connectivity index (χ0) is 14.9. The lowest BCUT2D eigenvalue weighted by molar-refractivity contribution is 1.37. The van der Waals surface area contributed by atoms with Crippen LogP contribution in [0.1, 0.15) is 27.8 Å². The molecular weight excluding hydrogens is 252 g/mol. The second-order valence-corrected chi connectivity index (χ2v) is 6.51. The zero-order valence-corrected chi connectivity index (χ0v) is 13.4. The average molecular weight is 272 g/mol. The van der Waals surface area contributed by atoms with Crippen LogP contribution in [-0.4, -0.2) is 0 Å². The lowest BCUT2D eigenvalue weighted by Crippen LogP contribution is -1.94. The van der Waals surface area contributed by atoms with Gasteiger partial charge in [-0.3, -0.25) is 0 Å². The van der Waals surface area contributed by atoms with Gasteiger partial charge in [0.25, 0.3) is 0 Å². The molecule has 21 heavy (non-hydrogen) atoms. The highest BCUT2D eigenvalue weighted by molar-refractivity contribution is 6.25. The van der Waals surface area contributed by atoms with Gasteiger partial charge in [-0.1, -0.05) is 30.3 Å². The summed E-state index contributed by atoms with van der Waals surface area (Å²) in [6.07, 6.45) is 0. The van der Waals surface area contributed by atoms with E-state index in [0.29, 0.717) is 0 Å². The summed E-state index contributed by atoms with van der Waals surface area (Å²) in [5, 5.41) is 8.51. The van der Waals surface area contributed by atoms with Crippen molar-refractivity contribution in [1.29, 1.82) is 0 Å². The van der Waals surface area contributed by atoms with E-state index >= 15 is 0 Å². The first-order valence-corrected chi connectivity index (χ1v) is 7.64. The number of aryl methyl sites for hydroxylation is 5. The zero-order valence-electron chi connectivity index (χ0n) is 13.4. The van der Waals surface area contributed by atoms with Crippen LogP contribution in [0.3, 0.4) is 0 Å². The first-order valence-electron chi connectivity index (χ1n) is 7.64. The highest BCUT2D eigenvalue weighted by atomic mass is 14.2. The quantitative estimate of drug-likeness (QED) is 0.338. The molecule has 0 nitrogen and oxygen atoms in total. The molecule has 0 unspecified atom stereocenters. The molecule has 0 heteroatoms. The van der Waals surface area contributed by atoms with Crippen LogP contribution in [0.5, 0.6) is 0 Å². The predicted molar refractivity (Wildman–Crippen MR) is 93.8 cm³/mol. The second-order valence-electron chi connectivity index (χ2n) is 6.51. The average Bonchev–Trinajstić information content (AvgIpc) is 2.46. The molecule has 0 aromatic heterocycles. The molecule has 0 saturated heterocycles. The minimum absolute atomic E-state index is 1.37. The van der Waals surface area contributed by atoms with E-state index in [2.05, 4.69) is 65.0 Å². The maximum atomic E-state index is 2.38. The number of rotatable bonds is 0. The molecule has 104 valence electrons. The molecule has 0 amide bonds. The van der Waals surface area contributed by atoms with Gasteiger partial charge in [0.15, 0.2) is 0 Å². The van der Waals surface area contributed by atoms with Gasteiger partial charge < -0.3 is 0 Å². The fourth-order valence-corrected chi connectivity index (χ4v) is 3.76. The maximum Gasteiger partial charge on any atom is -0.00212 e. The summed E-state index contributed by atoms with van der Waals surface area (Å²) in [4.78, 5) is 0. The Bertz CT molecular complexity index is 1010. The molecule has 0 heterocycles. The molecule has 0 bridgehead atoms. The molecule has 0 aliphatic heterocycles. The maximum absolute atomic E-state index is 2.38. The highest BCUT2D eigenvalue weighted by Crippen LogP contribution is 2.40. The molecule has 0 saturated carbocycles. The van der Waals surface area contributed by atoms with Crippen LogP contribution >= 0.6 is 0 Å². The van der Waals surface area contributed by atoms with Gasteiger partial charge in [-0.05, 0) is 94.8 Å². The fraction of sp³-hybridized carbons (Fsp3) is 0.238. The van der Waals surface area contributed by atoms with Gasteiger partial charge >= 0.3 is 0 Å². The second kappa shape index (κ2) is 3.98. The van der Waals surface area contributed by atoms with Crippen molar-refractivity contribution in [1.82, 2.24) is 0 Å². The monoisotopic (exact) mass is 272 g/mol. The van der Waals surface area contributed by atoms with Gasteiger partial charge in [-0.15, -0.1) is 0 Å². The molecule has 0 aliphatic rings. The van der Waals surface area contributed by atoms with Crippen LogP contribution in [-0.2, 0) is 0 Å². The van der Waals surface area contributed by atoms with Crippen molar-refractivity contribution in [3.05, 3.63) is 58.1 Å². The van der Waals surface area contributed by atoms with E-state index in [1.54, 1.807) is 0 Å². The minimum atomic E-state index is 1.37. The SMILES string of the molecule is Cc1cc2ccc3c(C)c(C)cc4c(C)cc(c1C)c2c43. The van der Waals surface area contributed by atoms with E-state index in [1.807, 2.05) is 0 Å². The minimum Gasteiger partial charge on any atom is -0.0537 e. The third-order valence-electron chi connectivity index (χ3n) is 5.29. The Morgan fingerprint density at radius 1 is 0.524 bits per heavy atom. The number of benzene rings is 4. The van der Waals surface area contributed by atoms with Crippen LogP contribution in [0.4, 0.5) is 0 Å². The Labute approximate surface area is 125 Å². The van der Waals surface area contributed by atoms with Gasteiger partial charge in [0, 0.05) is 0 Å². The third kappa shape index (κ3) is 1.51. The van der Waals surface area contributed by atoms with Gasteiger partial charge in [0.05, 0.1) is 0 Å². The van der Waals surface area contributed by atoms with E-state index in [0.717, 1.165) is 0 Å². The number of hydrogen-bond donors (Lipinski definition) is 0. The Morgan fingerprint density at radius 3 is 1.90 bits per heavy atom. The van der Waals surface area contributed by atoms with Crippen molar-refractivity contribution in [3.8, 4) is 0 Å². The lowest BCUT2D eigenvalue weighted by Gasteiger charge is -2.18. The van der Waals surface area contributed by atoms with E-state index in [-0.39, 0.29) is 0 Å². The molecule has 4 aromatic rings. The molecule has 0 atom stereocenters. The topological polar surface area (TPSA) is 0 Å². The van der Waals surface area contributed by atoms with Crippen molar-refractivity contribution in [2.24, 2.45) is 0 Å². The summed E-state index contributed by atoms with van der Waals surface area (Å²) >= 11 is 0. The molecule has 0 N–H and O–H groups in total. The van der Waals surface area contributed by atoms with Crippen molar-refractivity contribution in [2.45, 2.75) is 34.6 Å². The first kappa shape index (κ1) is 12.6. The van der Waals surface area contributed by atoms with Crippen molar-refractivity contribution in [2.75, 3.05) is 0 Å². The molecule has 0 spiro atoms. The van der Waals surface area contributed by atoms with E-state index in [9.17, 15) is 0 Å². The smallest absolute Gasteiger partial charge is 0.00212 e. The Hall–Kier alpha value is -2.08. The molecule has 4 rings (SSSR count). The molecule has 4 aromatic carbocycles. The Morgan fingerprint density at radius 2 is 1.14 bits per heavy atom. The van der Waals surface area contributed by atoms with Gasteiger partial charge in [-0.2, -0.15) is 0 Å². The van der Waals surface area contributed by atoms with Crippen LogP contribution in [0, 0.1) is 34.6 Å². The van der Waals surface area contributed by atoms with Gasteiger partial charge in [-0.25, -0.2) is 0 Å². The summed E-state index contributed by atoms with van der Waals surface area (Å²) in [5.74, 6) is 0. The van der Waals surface area contributed by atoms with Gasteiger partial charge in [0.1, 0.15) is 0 Å². The molecule has 0 fully saturated rings. The van der Waals surface area contributed by atoms with Crippen LogP contribution < -0.4 is 0 Å². The van der Waals surface area contributed by atoms with Crippen LogP contribution in [0.2, 0.25) is 0 Å². The van der Waals surface area contributed by atoms with E-state index < -0.39 is 0 Å². The summed E-state index contributed by atoms with van der Waals surface area (Å²) in [6, 6.07) is 11.7. The van der Waals surface area contributed by atoms with Crippen molar-refractivity contribution < 1.29 is 0 Å². The standard InChI is InChI=1S/C21H20/c1-11-8-16-6-7-17-14(4)12(2)9-18-13(3)10-19(15(11)5)20(16)21(17)18/h6-10H,1-5H3. The molecule has 0 radical (unpaired) electrons. The summed E-state index contributed by atoms with van der Waals surface area (Å²) < 4.78 is 0. The molecule has 0 aliphatic carbocycles. The largest absolute Gasteiger partial charge is 0.0537 e. The third-order valence-corrected chi connectivity index (χ3v) is 5.29. The first-order chi connectivity index (χ1) is 9.99. The molecular formula is C21H20. The van der Waals surface area contributed by atoms with Gasteiger partial charge in [0.2, 0.25) is 0 Å². The van der Waals surface area contributed by atoms with E-state index in [4.69, 9.17) is 0 Å². The highest BCUT2D eigenvalue weighted by Gasteiger charge is 2.15. The predicted octanol–water partition coefficient (Wildman–Crippen LogP) is 6.13. The van der Waals surface area contributed by atoms with Crippen molar-refractivity contribution in [3.63, 3.8) is 0 Å². The summed E-state index contributed by atoms with van der Waals surface area (Å²) in [7, 11) is 0. The summed E-state index contributed by atoms with van der Waals surface area (Å²) in [6.45, 7) is 11.2. The fourth-order valence-electron chi connectivity index (χ4n) is 3.76. The lowest BCUT2D eigenvalue weighted by atomic mass is 9.86. The Balaban J connectivity index is 2.46. The van der Waals surface area contributed by atoms with Crippen LogP contribution in [0.15, 0.2) is 30.3 Å². The van der Waals surface area contributed by atoms with E-state index in [1.165, 1.54) is 60.1 Å².